The third-order valence-electron chi connectivity index (χ3n) is 3.68. The van der Waals surface area contributed by atoms with Crippen LogP contribution >= 0.6 is 0 Å². The van der Waals surface area contributed by atoms with Gasteiger partial charge >= 0.3 is 5.97 Å². The van der Waals surface area contributed by atoms with Crippen molar-refractivity contribution in [3.63, 3.8) is 0 Å². The first-order valence-electron chi connectivity index (χ1n) is 7.45. The third kappa shape index (κ3) is 3.31. The summed E-state index contributed by atoms with van der Waals surface area (Å²) in [6.07, 6.45) is 0.693. The van der Waals surface area contributed by atoms with Gasteiger partial charge in [-0.2, -0.15) is 5.10 Å². The first-order chi connectivity index (χ1) is 11.2. The number of ether oxygens (including phenoxy) is 1. The van der Waals surface area contributed by atoms with Gasteiger partial charge in [0.1, 0.15) is 0 Å². The molecule has 0 saturated carbocycles. The van der Waals surface area contributed by atoms with Crippen molar-refractivity contribution in [3.05, 3.63) is 83.2 Å². The maximum absolute atomic E-state index is 11.8. The molecule has 0 spiro atoms. The number of rotatable bonds is 4. The van der Waals surface area contributed by atoms with Crippen LogP contribution in [0.25, 0.3) is 5.69 Å². The van der Waals surface area contributed by atoms with Crippen LogP contribution in [0.15, 0.2) is 60.7 Å². The molecule has 0 unspecified atom stereocenters. The van der Waals surface area contributed by atoms with Crippen molar-refractivity contribution in [1.82, 2.24) is 9.78 Å². The fraction of sp³-hybridized carbons (Fsp3) is 0.158. The quantitative estimate of drug-likeness (QED) is 0.692. The second-order valence-electron chi connectivity index (χ2n) is 5.42. The first kappa shape index (κ1) is 15.0. The summed E-state index contributed by atoms with van der Waals surface area (Å²) in [5.74, 6) is -0.426. The highest BCUT2D eigenvalue weighted by Crippen LogP contribution is 2.17. The molecule has 1 heterocycles. The van der Waals surface area contributed by atoms with Crippen molar-refractivity contribution in [2.45, 2.75) is 13.3 Å². The number of aryl methyl sites for hydroxylation is 1. The molecule has 4 heteroatoms. The second kappa shape index (κ2) is 6.48. The molecule has 4 nitrogen and oxygen atoms in total. The number of benzene rings is 2. The summed E-state index contributed by atoms with van der Waals surface area (Å²) in [7, 11) is 1.37. The smallest absolute Gasteiger partial charge is 0.358 e. The highest BCUT2D eigenvalue weighted by molar-refractivity contribution is 5.87. The van der Waals surface area contributed by atoms with Crippen LogP contribution < -0.4 is 0 Å². The van der Waals surface area contributed by atoms with Crippen LogP contribution in [0.2, 0.25) is 0 Å². The molecule has 0 amide bonds. The highest BCUT2D eigenvalue weighted by atomic mass is 16.5. The number of aromatic nitrogens is 2. The second-order valence-corrected chi connectivity index (χ2v) is 5.42. The zero-order chi connectivity index (χ0) is 16.2. The highest BCUT2D eigenvalue weighted by Gasteiger charge is 2.16. The maximum Gasteiger partial charge on any atom is 0.358 e. The Morgan fingerprint density at radius 1 is 1.09 bits per heavy atom. The molecule has 2 aromatic carbocycles. The van der Waals surface area contributed by atoms with E-state index in [0.29, 0.717) is 12.1 Å². The van der Waals surface area contributed by atoms with Crippen LogP contribution in [0.5, 0.6) is 0 Å². The number of hydrogen-bond acceptors (Lipinski definition) is 3. The molecular weight excluding hydrogens is 288 g/mol. The predicted molar refractivity (Wildman–Crippen MR) is 88.9 cm³/mol. The van der Waals surface area contributed by atoms with Gasteiger partial charge in [-0.05, 0) is 30.7 Å². The van der Waals surface area contributed by atoms with Gasteiger partial charge in [-0.25, -0.2) is 9.48 Å². The van der Waals surface area contributed by atoms with E-state index in [9.17, 15) is 4.79 Å². The Morgan fingerprint density at radius 2 is 1.78 bits per heavy atom. The summed E-state index contributed by atoms with van der Waals surface area (Å²) in [5.41, 5.74) is 4.53. The lowest BCUT2D eigenvalue weighted by atomic mass is 10.1. The molecule has 0 aliphatic heterocycles. The Labute approximate surface area is 135 Å². The summed E-state index contributed by atoms with van der Waals surface area (Å²) in [6.45, 7) is 2.04. The molecule has 0 bridgehead atoms. The van der Waals surface area contributed by atoms with E-state index in [4.69, 9.17) is 4.74 Å². The fourth-order valence-corrected chi connectivity index (χ4v) is 2.46. The van der Waals surface area contributed by atoms with E-state index in [-0.39, 0.29) is 0 Å². The molecule has 3 rings (SSSR count). The number of esters is 1. The molecular formula is C19H18N2O2. The van der Waals surface area contributed by atoms with Gasteiger partial charge in [-0.15, -0.1) is 0 Å². The average molecular weight is 306 g/mol. The summed E-state index contributed by atoms with van der Waals surface area (Å²) >= 11 is 0. The van der Waals surface area contributed by atoms with Crippen LogP contribution in [0, 0.1) is 6.92 Å². The number of carbonyl (C=O) groups is 1. The van der Waals surface area contributed by atoms with E-state index in [2.05, 4.69) is 17.2 Å². The Balaban J connectivity index is 2.03. The van der Waals surface area contributed by atoms with Gasteiger partial charge in [0, 0.05) is 12.1 Å². The predicted octanol–water partition coefficient (Wildman–Crippen LogP) is 3.56. The largest absolute Gasteiger partial charge is 0.464 e. The Hall–Kier alpha value is -2.88. The summed E-state index contributed by atoms with van der Waals surface area (Å²) in [6, 6.07) is 20.0. The Bertz CT molecular complexity index is 805. The van der Waals surface area contributed by atoms with Gasteiger partial charge in [-0.3, -0.25) is 0 Å². The summed E-state index contributed by atoms with van der Waals surface area (Å²) < 4.78 is 6.60. The molecule has 0 saturated heterocycles. The van der Waals surface area contributed by atoms with Crippen molar-refractivity contribution in [2.75, 3.05) is 7.11 Å². The molecule has 1 aromatic heterocycles. The van der Waals surface area contributed by atoms with Gasteiger partial charge < -0.3 is 4.74 Å². The van der Waals surface area contributed by atoms with Crippen LogP contribution in [0.1, 0.15) is 27.3 Å². The van der Waals surface area contributed by atoms with Crippen molar-refractivity contribution in [3.8, 4) is 5.69 Å². The molecule has 0 radical (unpaired) electrons. The van der Waals surface area contributed by atoms with Crippen LogP contribution in [0.4, 0.5) is 0 Å². The topological polar surface area (TPSA) is 44.1 Å². The molecule has 23 heavy (non-hydrogen) atoms. The molecule has 0 N–H and O–H groups in total. The minimum Gasteiger partial charge on any atom is -0.464 e. The number of hydrogen-bond donors (Lipinski definition) is 0. The van der Waals surface area contributed by atoms with Gasteiger partial charge in [-0.1, -0.05) is 48.0 Å². The third-order valence-corrected chi connectivity index (χ3v) is 3.68. The maximum atomic E-state index is 11.8. The van der Waals surface area contributed by atoms with Crippen molar-refractivity contribution in [2.24, 2.45) is 0 Å². The van der Waals surface area contributed by atoms with Crippen molar-refractivity contribution in [1.29, 1.82) is 0 Å². The van der Waals surface area contributed by atoms with Gasteiger partial charge in [0.25, 0.3) is 0 Å². The first-order valence-corrected chi connectivity index (χ1v) is 7.45. The fourth-order valence-electron chi connectivity index (χ4n) is 2.46. The minimum atomic E-state index is -0.426. The molecule has 3 aromatic rings. The zero-order valence-electron chi connectivity index (χ0n) is 13.2. The number of methoxy groups -OCH3 is 1. The average Bonchev–Trinajstić information content (AvgIpc) is 2.99. The zero-order valence-corrected chi connectivity index (χ0v) is 13.2. The lowest BCUT2D eigenvalue weighted by molar-refractivity contribution is 0.0593. The molecule has 116 valence electrons. The van der Waals surface area contributed by atoms with E-state index in [0.717, 1.165) is 16.9 Å². The monoisotopic (exact) mass is 306 g/mol. The van der Waals surface area contributed by atoms with Crippen LogP contribution in [-0.4, -0.2) is 22.9 Å². The SMILES string of the molecule is COC(=O)c1cc(Cc2ccccc2)n(-c2ccc(C)cc2)n1. The lowest BCUT2D eigenvalue weighted by Crippen LogP contribution is -2.05. The van der Waals surface area contributed by atoms with Crippen LogP contribution in [-0.2, 0) is 11.2 Å². The Kier molecular flexibility index (Phi) is 4.24. The standard InChI is InChI=1S/C19H18N2O2/c1-14-8-10-16(11-9-14)21-17(12-15-6-4-3-5-7-15)13-18(20-21)19(22)23-2/h3-11,13H,12H2,1-2H3. The van der Waals surface area contributed by atoms with Crippen LogP contribution in [0.3, 0.4) is 0 Å². The Morgan fingerprint density at radius 3 is 2.43 bits per heavy atom. The van der Waals surface area contributed by atoms with Gasteiger partial charge in [0.05, 0.1) is 12.8 Å². The van der Waals surface area contributed by atoms with E-state index in [1.54, 1.807) is 10.7 Å². The van der Waals surface area contributed by atoms with E-state index >= 15 is 0 Å². The minimum absolute atomic E-state index is 0.319. The van der Waals surface area contributed by atoms with E-state index in [1.165, 1.54) is 12.7 Å². The van der Waals surface area contributed by atoms with Gasteiger partial charge in [0.2, 0.25) is 0 Å². The summed E-state index contributed by atoms with van der Waals surface area (Å²) in [5, 5.41) is 4.42. The molecule has 0 aliphatic rings. The van der Waals surface area contributed by atoms with E-state index < -0.39 is 5.97 Å². The van der Waals surface area contributed by atoms with Crippen molar-refractivity contribution < 1.29 is 9.53 Å². The normalized spacial score (nSPS) is 10.5. The number of carbonyl (C=O) groups excluding carboxylic acids is 1. The number of nitrogens with zero attached hydrogens (tertiary/aromatic N) is 2. The molecule has 0 atom stereocenters. The van der Waals surface area contributed by atoms with Crippen molar-refractivity contribution >= 4 is 5.97 Å². The van der Waals surface area contributed by atoms with Gasteiger partial charge in [0.15, 0.2) is 5.69 Å². The lowest BCUT2D eigenvalue weighted by Gasteiger charge is -2.08. The summed E-state index contributed by atoms with van der Waals surface area (Å²) in [4.78, 5) is 11.8. The van der Waals surface area contributed by atoms with E-state index in [1.807, 2.05) is 49.4 Å². The molecule has 0 fully saturated rings. The molecule has 0 aliphatic carbocycles.